The Labute approximate surface area is 100 Å². The lowest BCUT2D eigenvalue weighted by Gasteiger charge is -2.16. The Morgan fingerprint density at radius 3 is 2.88 bits per heavy atom. The summed E-state index contributed by atoms with van der Waals surface area (Å²) >= 11 is 5.84. The van der Waals surface area contributed by atoms with Crippen LogP contribution in [0, 0.1) is 5.92 Å². The zero-order valence-corrected chi connectivity index (χ0v) is 10.00. The summed E-state index contributed by atoms with van der Waals surface area (Å²) in [7, 11) is 0. The van der Waals surface area contributed by atoms with Crippen molar-refractivity contribution >= 4 is 23.2 Å². The Morgan fingerprint density at radius 2 is 2.31 bits per heavy atom. The number of nitrogens with zero attached hydrogens (tertiary/aromatic N) is 1. The maximum Gasteiger partial charge on any atom is 0.223 e. The number of halogens is 1. The number of nitrogens with two attached hydrogens (primary N) is 1. The van der Waals surface area contributed by atoms with Gasteiger partial charge < -0.3 is 10.6 Å². The van der Waals surface area contributed by atoms with Crippen molar-refractivity contribution in [3.05, 3.63) is 28.8 Å². The van der Waals surface area contributed by atoms with Crippen LogP contribution < -0.4 is 5.73 Å². The van der Waals surface area contributed by atoms with Gasteiger partial charge in [-0.05, 0) is 23.6 Å². The van der Waals surface area contributed by atoms with Crippen LogP contribution in [0.2, 0.25) is 5.02 Å². The summed E-state index contributed by atoms with van der Waals surface area (Å²) in [4.78, 5) is 13.5. The minimum absolute atomic E-state index is 0.223. The second-order valence-electron chi connectivity index (χ2n) is 4.44. The lowest BCUT2D eigenvalue weighted by Crippen LogP contribution is -2.24. The van der Waals surface area contributed by atoms with E-state index >= 15 is 0 Å². The minimum atomic E-state index is 0.223. The lowest BCUT2D eigenvalue weighted by atomic mass is 10.1. The molecule has 0 aromatic heterocycles. The smallest absolute Gasteiger partial charge is 0.223 e. The monoisotopic (exact) mass is 238 g/mol. The average Bonchev–Trinajstić information content (AvgIpc) is 2.51. The number of carbonyl (C=O) groups excluding carboxylic acids is 1. The third kappa shape index (κ3) is 2.30. The fourth-order valence-corrected chi connectivity index (χ4v) is 2.15. The molecule has 1 amide bonds. The second kappa shape index (κ2) is 4.34. The Kier molecular flexibility index (Phi) is 3.06. The summed E-state index contributed by atoms with van der Waals surface area (Å²) in [6.07, 6.45) is 0.656. The molecule has 0 aliphatic carbocycles. The van der Waals surface area contributed by atoms with Gasteiger partial charge in [0.05, 0.1) is 10.7 Å². The SMILES string of the molecule is CC1CC(=O)N(Cc2ccc(Cl)c(N)c2)C1. The molecule has 16 heavy (non-hydrogen) atoms. The number of amides is 1. The molecule has 4 heteroatoms. The minimum Gasteiger partial charge on any atom is -0.398 e. The largest absolute Gasteiger partial charge is 0.398 e. The van der Waals surface area contributed by atoms with Crippen LogP contribution in [0.4, 0.5) is 5.69 Å². The first-order chi connectivity index (χ1) is 7.56. The van der Waals surface area contributed by atoms with Gasteiger partial charge in [0, 0.05) is 19.5 Å². The highest BCUT2D eigenvalue weighted by Gasteiger charge is 2.26. The number of anilines is 1. The van der Waals surface area contributed by atoms with Gasteiger partial charge in [-0.2, -0.15) is 0 Å². The molecule has 1 saturated heterocycles. The van der Waals surface area contributed by atoms with E-state index in [9.17, 15) is 4.79 Å². The highest BCUT2D eigenvalue weighted by atomic mass is 35.5. The Hall–Kier alpha value is -1.22. The van der Waals surface area contributed by atoms with Gasteiger partial charge in [-0.25, -0.2) is 0 Å². The van der Waals surface area contributed by atoms with E-state index in [2.05, 4.69) is 6.92 Å². The first-order valence-electron chi connectivity index (χ1n) is 5.38. The topological polar surface area (TPSA) is 46.3 Å². The van der Waals surface area contributed by atoms with Crippen molar-refractivity contribution in [2.75, 3.05) is 12.3 Å². The molecule has 0 spiro atoms. The molecule has 2 N–H and O–H groups in total. The standard InChI is InChI=1S/C12H15ClN2O/c1-8-4-12(16)15(6-8)7-9-2-3-10(13)11(14)5-9/h2-3,5,8H,4,6-7,14H2,1H3. The van der Waals surface area contributed by atoms with Gasteiger partial charge in [0.25, 0.3) is 0 Å². The lowest BCUT2D eigenvalue weighted by molar-refractivity contribution is -0.128. The van der Waals surface area contributed by atoms with Gasteiger partial charge in [-0.1, -0.05) is 24.6 Å². The van der Waals surface area contributed by atoms with E-state index in [4.69, 9.17) is 17.3 Å². The van der Waals surface area contributed by atoms with Crippen LogP contribution in [0.3, 0.4) is 0 Å². The van der Waals surface area contributed by atoms with Crippen LogP contribution in [-0.4, -0.2) is 17.4 Å². The molecule has 1 aliphatic rings. The molecule has 1 fully saturated rings. The fraction of sp³-hybridized carbons (Fsp3) is 0.417. The van der Waals surface area contributed by atoms with Crippen LogP contribution >= 0.6 is 11.6 Å². The Balaban J connectivity index is 2.09. The summed E-state index contributed by atoms with van der Waals surface area (Å²) in [5.74, 6) is 0.679. The van der Waals surface area contributed by atoms with Gasteiger partial charge in [-0.3, -0.25) is 4.79 Å². The Morgan fingerprint density at radius 1 is 1.56 bits per heavy atom. The molecule has 0 saturated carbocycles. The first-order valence-corrected chi connectivity index (χ1v) is 5.75. The summed E-state index contributed by atoms with van der Waals surface area (Å²) in [6.45, 7) is 3.56. The van der Waals surface area contributed by atoms with Gasteiger partial charge in [0.2, 0.25) is 5.91 Å². The molecule has 2 rings (SSSR count). The van der Waals surface area contributed by atoms with Gasteiger partial charge in [0.1, 0.15) is 0 Å². The number of hydrogen-bond donors (Lipinski definition) is 1. The van der Waals surface area contributed by atoms with Crippen LogP contribution in [-0.2, 0) is 11.3 Å². The maximum atomic E-state index is 11.6. The molecule has 0 radical (unpaired) electrons. The molecular weight excluding hydrogens is 224 g/mol. The average molecular weight is 239 g/mol. The molecule has 0 bridgehead atoms. The van der Waals surface area contributed by atoms with Gasteiger partial charge in [0.15, 0.2) is 0 Å². The zero-order valence-electron chi connectivity index (χ0n) is 9.24. The molecule has 1 aromatic rings. The summed E-state index contributed by atoms with van der Waals surface area (Å²) < 4.78 is 0. The predicted octanol–water partition coefficient (Wildman–Crippen LogP) is 2.29. The van der Waals surface area contributed by atoms with E-state index < -0.39 is 0 Å². The van der Waals surface area contributed by atoms with Crippen LogP contribution in [0.5, 0.6) is 0 Å². The van der Waals surface area contributed by atoms with Crippen molar-refractivity contribution in [2.24, 2.45) is 5.92 Å². The number of hydrogen-bond acceptors (Lipinski definition) is 2. The van der Waals surface area contributed by atoms with Crippen LogP contribution in [0.25, 0.3) is 0 Å². The summed E-state index contributed by atoms with van der Waals surface area (Å²) in [6, 6.07) is 5.52. The van der Waals surface area contributed by atoms with Crippen molar-refractivity contribution < 1.29 is 4.79 Å². The molecule has 1 heterocycles. The van der Waals surface area contributed by atoms with E-state index in [1.165, 1.54) is 0 Å². The number of nitrogen functional groups attached to an aromatic ring is 1. The molecule has 3 nitrogen and oxygen atoms in total. The number of benzene rings is 1. The molecule has 1 atom stereocenters. The number of rotatable bonds is 2. The normalized spacial score (nSPS) is 20.5. The van der Waals surface area contributed by atoms with Crippen molar-refractivity contribution in [2.45, 2.75) is 19.9 Å². The first kappa shape index (κ1) is 11.3. The summed E-state index contributed by atoms with van der Waals surface area (Å²) in [5, 5.41) is 0.560. The third-order valence-electron chi connectivity index (χ3n) is 2.84. The molecule has 86 valence electrons. The van der Waals surface area contributed by atoms with Crippen molar-refractivity contribution in [3.8, 4) is 0 Å². The van der Waals surface area contributed by atoms with Crippen molar-refractivity contribution in [1.82, 2.24) is 4.90 Å². The van der Waals surface area contributed by atoms with Crippen molar-refractivity contribution in [1.29, 1.82) is 0 Å². The predicted molar refractivity (Wildman–Crippen MR) is 65.1 cm³/mol. The van der Waals surface area contributed by atoms with Crippen LogP contribution in [0.1, 0.15) is 18.9 Å². The van der Waals surface area contributed by atoms with Gasteiger partial charge >= 0.3 is 0 Å². The van der Waals surface area contributed by atoms with Crippen LogP contribution in [0.15, 0.2) is 18.2 Å². The molecule has 1 aliphatic heterocycles. The van der Waals surface area contributed by atoms with Crippen molar-refractivity contribution in [3.63, 3.8) is 0 Å². The molecular formula is C12H15ClN2O. The van der Waals surface area contributed by atoms with E-state index in [-0.39, 0.29) is 5.91 Å². The quantitative estimate of drug-likeness (QED) is 0.804. The number of carbonyl (C=O) groups is 1. The number of likely N-dealkylation sites (tertiary alicyclic amines) is 1. The zero-order chi connectivity index (χ0) is 11.7. The van der Waals surface area contributed by atoms with E-state index in [0.29, 0.717) is 29.6 Å². The van der Waals surface area contributed by atoms with E-state index in [0.717, 1.165) is 12.1 Å². The highest BCUT2D eigenvalue weighted by molar-refractivity contribution is 6.33. The third-order valence-corrected chi connectivity index (χ3v) is 3.19. The Bertz CT molecular complexity index is 419. The van der Waals surface area contributed by atoms with E-state index in [1.54, 1.807) is 6.07 Å². The highest BCUT2D eigenvalue weighted by Crippen LogP contribution is 2.23. The van der Waals surface area contributed by atoms with E-state index in [1.807, 2.05) is 17.0 Å². The molecule has 1 aromatic carbocycles. The van der Waals surface area contributed by atoms with Gasteiger partial charge in [-0.15, -0.1) is 0 Å². The summed E-state index contributed by atoms with van der Waals surface area (Å²) in [5.41, 5.74) is 7.32. The second-order valence-corrected chi connectivity index (χ2v) is 4.85. The molecule has 1 unspecified atom stereocenters. The maximum absolute atomic E-state index is 11.6. The fourth-order valence-electron chi connectivity index (χ4n) is 2.03.